The molecule has 0 spiro atoms. The van der Waals surface area contributed by atoms with E-state index in [0.717, 1.165) is 19.4 Å². The van der Waals surface area contributed by atoms with Crippen molar-refractivity contribution in [3.05, 3.63) is 0 Å². The highest BCUT2D eigenvalue weighted by Crippen LogP contribution is 2.21. The predicted octanol–water partition coefficient (Wildman–Crippen LogP) is 12.5. The van der Waals surface area contributed by atoms with E-state index in [0.29, 0.717) is 11.8 Å². The summed E-state index contributed by atoms with van der Waals surface area (Å²) in [6.45, 7) is 16.3. The molecular formula is C36H73NO2. The molecular weight excluding hydrogens is 478 g/mol. The maximum absolute atomic E-state index is 13.3. The van der Waals surface area contributed by atoms with Crippen molar-refractivity contribution in [3.8, 4) is 0 Å². The maximum Gasteiger partial charge on any atom is 0.410 e. The van der Waals surface area contributed by atoms with Crippen LogP contribution in [0.1, 0.15) is 196 Å². The lowest BCUT2D eigenvalue weighted by molar-refractivity contribution is 0.0108. The van der Waals surface area contributed by atoms with E-state index < -0.39 is 0 Å². The van der Waals surface area contributed by atoms with Gasteiger partial charge in [-0.2, -0.15) is 0 Å². The molecule has 0 aliphatic carbocycles. The lowest BCUT2D eigenvalue weighted by atomic mass is 9.96. The largest absolute Gasteiger partial charge is 0.446 e. The van der Waals surface area contributed by atoms with E-state index in [4.69, 9.17) is 4.74 Å². The summed E-state index contributed by atoms with van der Waals surface area (Å²) < 4.78 is 6.10. The molecule has 0 aromatic carbocycles. The first-order valence-corrected chi connectivity index (χ1v) is 17.8. The van der Waals surface area contributed by atoms with Gasteiger partial charge in [0, 0.05) is 12.6 Å². The molecule has 0 bridgehead atoms. The van der Waals surface area contributed by atoms with Crippen LogP contribution in [0.25, 0.3) is 0 Å². The molecule has 0 aliphatic heterocycles. The van der Waals surface area contributed by atoms with Gasteiger partial charge in [-0.05, 0) is 31.6 Å². The maximum atomic E-state index is 13.3. The Bertz CT molecular complexity index is 510. The van der Waals surface area contributed by atoms with Gasteiger partial charge in [-0.25, -0.2) is 4.79 Å². The van der Waals surface area contributed by atoms with Gasteiger partial charge in [0.15, 0.2) is 0 Å². The first-order valence-electron chi connectivity index (χ1n) is 17.8. The highest BCUT2D eigenvalue weighted by molar-refractivity contribution is 5.68. The van der Waals surface area contributed by atoms with Gasteiger partial charge < -0.3 is 9.64 Å². The van der Waals surface area contributed by atoms with E-state index in [1.165, 1.54) is 135 Å². The number of carbonyl (C=O) groups is 1. The third kappa shape index (κ3) is 22.6. The van der Waals surface area contributed by atoms with Crippen LogP contribution >= 0.6 is 0 Å². The number of hydrogen-bond acceptors (Lipinski definition) is 2. The highest BCUT2D eigenvalue weighted by Gasteiger charge is 2.27. The molecule has 0 aliphatic rings. The van der Waals surface area contributed by atoms with Gasteiger partial charge in [0.2, 0.25) is 0 Å². The van der Waals surface area contributed by atoms with Crippen LogP contribution in [-0.2, 0) is 4.74 Å². The zero-order chi connectivity index (χ0) is 29.1. The second-order valence-electron chi connectivity index (χ2n) is 13.2. The summed E-state index contributed by atoms with van der Waals surface area (Å²) in [5, 5.41) is 0. The molecule has 3 nitrogen and oxygen atoms in total. The van der Waals surface area contributed by atoms with Crippen molar-refractivity contribution >= 4 is 6.09 Å². The van der Waals surface area contributed by atoms with Crippen molar-refractivity contribution in [3.63, 3.8) is 0 Å². The molecule has 1 amide bonds. The van der Waals surface area contributed by atoms with Crippen LogP contribution in [0.5, 0.6) is 0 Å². The molecule has 0 saturated heterocycles. The van der Waals surface area contributed by atoms with E-state index in [1.54, 1.807) is 0 Å². The van der Waals surface area contributed by atoms with E-state index in [-0.39, 0.29) is 18.2 Å². The molecule has 0 heterocycles. The molecule has 0 N–H and O–H groups in total. The van der Waals surface area contributed by atoms with Crippen molar-refractivity contribution in [2.24, 2.45) is 11.8 Å². The van der Waals surface area contributed by atoms with Crippen LogP contribution < -0.4 is 0 Å². The van der Waals surface area contributed by atoms with E-state index in [9.17, 15) is 4.79 Å². The molecule has 0 aromatic rings. The fourth-order valence-corrected chi connectivity index (χ4v) is 5.92. The number of hydrogen-bond donors (Lipinski definition) is 0. The Labute approximate surface area is 247 Å². The van der Waals surface area contributed by atoms with Crippen LogP contribution in [0.15, 0.2) is 0 Å². The van der Waals surface area contributed by atoms with Crippen LogP contribution in [-0.4, -0.2) is 29.7 Å². The van der Waals surface area contributed by atoms with E-state index in [1.807, 2.05) is 0 Å². The lowest BCUT2D eigenvalue weighted by Gasteiger charge is -2.33. The monoisotopic (exact) mass is 552 g/mol. The number of carbonyl (C=O) groups excluding carboxylic acids is 1. The molecule has 234 valence electrons. The lowest BCUT2D eigenvalue weighted by Crippen LogP contribution is -2.43. The molecule has 39 heavy (non-hydrogen) atoms. The van der Waals surface area contributed by atoms with E-state index in [2.05, 4.69) is 53.4 Å². The van der Waals surface area contributed by atoms with Crippen LogP contribution in [0, 0.1) is 11.8 Å². The van der Waals surface area contributed by atoms with Crippen molar-refractivity contribution in [2.75, 3.05) is 6.54 Å². The standard InChI is InChI=1S/C36H73NO2/c1-8-10-12-14-16-18-20-21-23-25-27-29-31-37(36(38)39-35(32(3)4)33(5)6)34(7)30-28-26-24-22-19-17-15-13-11-9-2/h32-35H,8-31H2,1-7H3. The third-order valence-corrected chi connectivity index (χ3v) is 8.55. The predicted molar refractivity (Wildman–Crippen MR) is 174 cm³/mol. The van der Waals surface area contributed by atoms with Crippen LogP contribution in [0.2, 0.25) is 0 Å². The summed E-state index contributed by atoms with van der Waals surface area (Å²) in [5.74, 6) is 0.694. The fraction of sp³-hybridized carbons (Fsp3) is 0.972. The number of unbranched alkanes of at least 4 members (excludes halogenated alkanes) is 20. The quantitative estimate of drug-likeness (QED) is 0.0905. The smallest absolute Gasteiger partial charge is 0.410 e. The first kappa shape index (κ1) is 38.3. The molecule has 1 atom stereocenters. The number of rotatable bonds is 28. The van der Waals surface area contributed by atoms with Crippen LogP contribution in [0.4, 0.5) is 4.79 Å². The topological polar surface area (TPSA) is 29.5 Å². The van der Waals surface area contributed by atoms with Gasteiger partial charge in [0.25, 0.3) is 0 Å². The number of ether oxygens (including phenoxy) is 1. The zero-order valence-electron chi connectivity index (χ0n) is 28.0. The Morgan fingerprint density at radius 2 is 0.846 bits per heavy atom. The van der Waals surface area contributed by atoms with Crippen molar-refractivity contribution < 1.29 is 9.53 Å². The van der Waals surface area contributed by atoms with Crippen LogP contribution in [0.3, 0.4) is 0 Å². The minimum atomic E-state index is -0.0787. The number of amides is 1. The summed E-state index contributed by atoms with van der Waals surface area (Å²) in [6.07, 6.45) is 30.7. The molecule has 0 radical (unpaired) electrons. The minimum Gasteiger partial charge on any atom is -0.446 e. The summed E-state index contributed by atoms with van der Waals surface area (Å²) in [5.41, 5.74) is 0. The minimum absolute atomic E-state index is 0.00787. The summed E-state index contributed by atoms with van der Waals surface area (Å²) in [4.78, 5) is 15.4. The molecule has 0 fully saturated rings. The molecule has 1 unspecified atom stereocenters. The summed E-state index contributed by atoms with van der Waals surface area (Å²) in [6, 6.07) is 0.263. The first-order chi connectivity index (χ1) is 18.8. The summed E-state index contributed by atoms with van der Waals surface area (Å²) in [7, 11) is 0. The van der Waals surface area contributed by atoms with Crippen molar-refractivity contribution in [1.82, 2.24) is 4.90 Å². The zero-order valence-corrected chi connectivity index (χ0v) is 28.0. The van der Waals surface area contributed by atoms with Gasteiger partial charge in [0.1, 0.15) is 6.10 Å². The molecule has 0 saturated carbocycles. The average Bonchev–Trinajstić information content (AvgIpc) is 2.90. The van der Waals surface area contributed by atoms with Crippen molar-refractivity contribution in [1.29, 1.82) is 0 Å². The Hall–Kier alpha value is -0.730. The average molecular weight is 552 g/mol. The van der Waals surface area contributed by atoms with Gasteiger partial charge in [-0.3, -0.25) is 0 Å². The normalized spacial score (nSPS) is 12.6. The van der Waals surface area contributed by atoms with Gasteiger partial charge in [0.05, 0.1) is 0 Å². The van der Waals surface area contributed by atoms with Gasteiger partial charge >= 0.3 is 6.09 Å². The molecule has 0 rings (SSSR count). The van der Waals surface area contributed by atoms with E-state index >= 15 is 0 Å². The third-order valence-electron chi connectivity index (χ3n) is 8.55. The Kier molecular flexibility index (Phi) is 26.9. The fourth-order valence-electron chi connectivity index (χ4n) is 5.92. The highest BCUT2D eigenvalue weighted by atomic mass is 16.6. The van der Waals surface area contributed by atoms with Gasteiger partial charge in [-0.1, -0.05) is 176 Å². The summed E-state index contributed by atoms with van der Waals surface area (Å²) >= 11 is 0. The number of nitrogens with zero attached hydrogens (tertiary/aromatic N) is 1. The second-order valence-corrected chi connectivity index (χ2v) is 13.2. The molecule has 0 aromatic heterocycles. The van der Waals surface area contributed by atoms with Gasteiger partial charge in [-0.15, -0.1) is 0 Å². The Morgan fingerprint density at radius 3 is 1.21 bits per heavy atom. The Balaban J connectivity index is 4.38. The SMILES string of the molecule is CCCCCCCCCCCCCCN(C(=O)OC(C(C)C)C(C)C)C(C)CCCCCCCCCCCC. The Morgan fingerprint density at radius 1 is 0.513 bits per heavy atom. The molecule has 3 heteroatoms. The second kappa shape index (κ2) is 27.4. The van der Waals surface area contributed by atoms with Crippen molar-refractivity contribution in [2.45, 2.75) is 208 Å².